The van der Waals surface area contributed by atoms with Crippen LogP contribution in [0.25, 0.3) is 0 Å². The van der Waals surface area contributed by atoms with Crippen LogP contribution in [0.15, 0.2) is 41.5 Å². The fourth-order valence-electron chi connectivity index (χ4n) is 4.21. The number of hydrogen-bond donors (Lipinski definition) is 0. The zero-order valence-corrected chi connectivity index (χ0v) is 15.8. The van der Waals surface area contributed by atoms with Crippen LogP contribution in [-0.4, -0.2) is 41.7 Å². The highest BCUT2D eigenvalue weighted by molar-refractivity contribution is 6.06. The van der Waals surface area contributed by atoms with E-state index in [0.717, 1.165) is 17.0 Å². The van der Waals surface area contributed by atoms with Crippen molar-refractivity contribution in [1.29, 1.82) is 0 Å². The molecular formula is C21H22N2O5. The molecule has 28 heavy (non-hydrogen) atoms. The number of hydrogen-bond acceptors (Lipinski definition) is 6. The van der Waals surface area contributed by atoms with E-state index in [9.17, 15) is 14.4 Å². The first-order valence-electron chi connectivity index (χ1n) is 9.46. The number of allylic oxidation sites excluding steroid dienone is 2. The smallest absolute Gasteiger partial charge is 0.344 e. The monoisotopic (exact) mass is 382 g/mol. The van der Waals surface area contributed by atoms with Crippen LogP contribution in [0.2, 0.25) is 0 Å². The molecule has 0 spiro atoms. The number of imide groups is 1. The van der Waals surface area contributed by atoms with Gasteiger partial charge in [-0.2, -0.15) is 10.1 Å². The van der Waals surface area contributed by atoms with Crippen molar-refractivity contribution in [2.45, 2.75) is 26.4 Å². The molecule has 0 aromatic heterocycles. The Morgan fingerprint density at radius 1 is 1.14 bits per heavy atom. The van der Waals surface area contributed by atoms with Gasteiger partial charge in [0.1, 0.15) is 5.75 Å². The van der Waals surface area contributed by atoms with E-state index in [2.05, 4.69) is 17.3 Å². The Balaban J connectivity index is 1.36. The Kier molecular flexibility index (Phi) is 4.75. The van der Waals surface area contributed by atoms with Crippen molar-refractivity contribution in [1.82, 2.24) is 5.01 Å². The van der Waals surface area contributed by atoms with Crippen molar-refractivity contribution in [3.8, 4) is 5.75 Å². The summed E-state index contributed by atoms with van der Waals surface area (Å²) in [4.78, 5) is 36.7. The number of benzene rings is 1. The summed E-state index contributed by atoms with van der Waals surface area (Å²) in [5, 5.41) is 5.16. The lowest BCUT2D eigenvalue weighted by Gasteiger charge is -2.13. The van der Waals surface area contributed by atoms with Crippen LogP contribution >= 0.6 is 0 Å². The maximum absolute atomic E-state index is 12.6. The zero-order valence-electron chi connectivity index (χ0n) is 15.8. The number of ether oxygens (including phenoxy) is 2. The number of esters is 1. The number of carbonyl (C=O) groups excluding carboxylic acids is 3. The molecule has 7 heteroatoms. The van der Waals surface area contributed by atoms with Crippen LogP contribution < -0.4 is 4.74 Å². The molecule has 3 aliphatic rings. The standard InChI is InChI=1S/C21H22N2O5/c1-12(2)28-17(24)11-27-16-7-3-13(4-8-16)10-22-23-20(25)18-14-5-6-15(9-14)19(18)21(23)26/h3-8,10,12,14-15,18-19H,9,11H2,1-2H3/t14-,15-,18-,19+/m0/s1. The first-order chi connectivity index (χ1) is 13.4. The molecule has 0 radical (unpaired) electrons. The Labute approximate surface area is 163 Å². The molecule has 0 unspecified atom stereocenters. The fourth-order valence-corrected chi connectivity index (χ4v) is 4.21. The van der Waals surface area contributed by atoms with Gasteiger partial charge in [-0.1, -0.05) is 12.2 Å². The van der Waals surface area contributed by atoms with E-state index in [1.54, 1.807) is 38.1 Å². The second kappa shape index (κ2) is 7.22. The van der Waals surface area contributed by atoms with Gasteiger partial charge in [-0.25, -0.2) is 4.79 Å². The third kappa shape index (κ3) is 3.32. The van der Waals surface area contributed by atoms with Crippen LogP contribution in [-0.2, 0) is 19.1 Å². The maximum atomic E-state index is 12.6. The molecule has 4 rings (SSSR count). The maximum Gasteiger partial charge on any atom is 0.344 e. The van der Waals surface area contributed by atoms with E-state index in [0.29, 0.717) is 5.75 Å². The second-order valence-corrected chi connectivity index (χ2v) is 7.63. The summed E-state index contributed by atoms with van der Waals surface area (Å²) >= 11 is 0. The molecule has 2 amide bonds. The minimum absolute atomic E-state index is 0.165. The largest absolute Gasteiger partial charge is 0.482 e. The summed E-state index contributed by atoms with van der Waals surface area (Å²) in [6.45, 7) is 3.38. The molecule has 1 heterocycles. The predicted octanol–water partition coefficient (Wildman–Crippen LogP) is 2.16. The Morgan fingerprint density at radius 3 is 2.32 bits per heavy atom. The van der Waals surface area contributed by atoms with E-state index < -0.39 is 5.97 Å². The van der Waals surface area contributed by atoms with E-state index in [1.165, 1.54) is 6.21 Å². The van der Waals surface area contributed by atoms with Crippen LogP contribution in [0, 0.1) is 23.7 Å². The van der Waals surface area contributed by atoms with Gasteiger partial charge in [0.05, 0.1) is 24.2 Å². The van der Waals surface area contributed by atoms with Crippen LogP contribution in [0.1, 0.15) is 25.8 Å². The molecule has 2 bridgehead atoms. The molecule has 1 aliphatic heterocycles. The Morgan fingerprint density at radius 2 is 1.75 bits per heavy atom. The lowest BCUT2D eigenvalue weighted by Crippen LogP contribution is -2.28. The van der Waals surface area contributed by atoms with Gasteiger partial charge in [-0.15, -0.1) is 0 Å². The Bertz CT molecular complexity index is 828. The number of rotatable bonds is 6. The van der Waals surface area contributed by atoms with Gasteiger partial charge in [-0.3, -0.25) is 9.59 Å². The van der Waals surface area contributed by atoms with Crippen LogP contribution in [0.4, 0.5) is 0 Å². The van der Waals surface area contributed by atoms with Gasteiger partial charge in [0, 0.05) is 0 Å². The minimum atomic E-state index is -0.430. The summed E-state index contributed by atoms with van der Waals surface area (Å²) in [5.74, 6) is -0.472. The van der Waals surface area contributed by atoms with Crippen molar-refractivity contribution >= 4 is 24.0 Å². The topological polar surface area (TPSA) is 85.3 Å². The minimum Gasteiger partial charge on any atom is -0.482 e. The zero-order chi connectivity index (χ0) is 19.8. The fraction of sp³-hybridized carbons (Fsp3) is 0.429. The molecule has 1 saturated carbocycles. The molecule has 2 aliphatic carbocycles. The SMILES string of the molecule is CC(C)OC(=O)COc1ccc(C=NN2C(=O)[C@@H]3[C@H](C2=O)[C@H]2C=C[C@H]3C2)cc1. The van der Waals surface area contributed by atoms with Gasteiger partial charge in [0.25, 0.3) is 11.8 Å². The first kappa shape index (κ1) is 18.4. The third-order valence-electron chi connectivity index (χ3n) is 5.37. The molecule has 0 N–H and O–H groups in total. The van der Waals surface area contributed by atoms with E-state index in [4.69, 9.17) is 9.47 Å². The highest BCUT2D eigenvalue weighted by atomic mass is 16.6. The average molecular weight is 382 g/mol. The quantitative estimate of drug-likeness (QED) is 0.326. The van der Waals surface area contributed by atoms with Crippen molar-refractivity contribution < 1.29 is 23.9 Å². The van der Waals surface area contributed by atoms with Gasteiger partial charge in [-0.05, 0) is 61.9 Å². The van der Waals surface area contributed by atoms with Gasteiger partial charge in [0.2, 0.25) is 0 Å². The van der Waals surface area contributed by atoms with Crippen LogP contribution in [0.5, 0.6) is 5.75 Å². The van der Waals surface area contributed by atoms with Crippen molar-refractivity contribution in [2.24, 2.45) is 28.8 Å². The van der Waals surface area contributed by atoms with E-state index in [-0.39, 0.29) is 48.2 Å². The lowest BCUT2D eigenvalue weighted by molar-refractivity contribution is -0.149. The summed E-state index contributed by atoms with van der Waals surface area (Å²) in [6.07, 6.45) is 6.32. The number of hydrazone groups is 1. The normalized spacial score (nSPS) is 27.9. The number of nitrogens with zero attached hydrogens (tertiary/aromatic N) is 2. The molecular weight excluding hydrogens is 360 g/mol. The molecule has 1 aromatic carbocycles. The molecule has 4 atom stereocenters. The van der Waals surface area contributed by atoms with Crippen molar-refractivity contribution in [3.05, 3.63) is 42.0 Å². The van der Waals surface area contributed by atoms with Gasteiger partial charge < -0.3 is 9.47 Å². The highest BCUT2D eigenvalue weighted by Gasteiger charge is 2.59. The van der Waals surface area contributed by atoms with Crippen molar-refractivity contribution in [2.75, 3.05) is 6.61 Å². The van der Waals surface area contributed by atoms with E-state index >= 15 is 0 Å². The van der Waals surface area contributed by atoms with Crippen molar-refractivity contribution in [3.63, 3.8) is 0 Å². The molecule has 7 nitrogen and oxygen atoms in total. The summed E-state index contributed by atoms with van der Waals surface area (Å²) in [7, 11) is 0. The summed E-state index contributed by atoms with van der Waals surface area (Å²) < 4.78 is 10.4. The van der Waals surface area contributed by atoms with Crippen LogP contribution in [0.3, 0.4) is 0 Å². The molecule has 1 saturated heterocycles. The highest BCUT2D eigenvalue weighted by Crippen LogP contribution is 2.52. The first-order valence-corrected chi connectivity index (χ1v) is 9.46. The summed E-state index contributed by atoms with van der Waals surface area (Å²) in [5.41, 5.74) is 0.718. The van der Waals surface area contributed by atoms with Gasteiger partial charge >= 0.3 is 5.97 Å². The molecule has 146 valence electrons. The lowest BCUT2D eigenvalue weighted by atomic mass is 9.85. The van der Waals surface area contributed by atoms with Gasteiger partial charge in [0.15, 0.2) is 6.61 Å². The molecule has 1 aromatic rings. The summed E-state index contributed by atoms with van der Waals surface area (Å²) in [6, 6.07) is 6.86. The number of amides is 2. The number of fused-ring (bicyclic) bond motifs is 5. The number of carbonyl (C=O) groups is 3. The predicted molar refractivity (Wildman–Crippen MR) is 100 cm³/mol. The molecule has 2 fully saturated rings. The average Bonchev–Trinajstić information content (AvgIpc) is 3.33. The third-order valence-corrected chi connectivity index (χ3v) is 5.37. The second-order valence-electron chi connectivity index (χ2n) is 7.63. The van der Waals surface area contributed by atoms with E-state index in [1.807, 2.05) is 0 Å². The Hall–Kier alpha value is -2.96.